The van der Waals surface area contributed by atoms with Crippen molar-refractivity contribution < 1.29 is 28.5 Å². The van der Waals surface area contributed by atoms with Crippen molar-refractivity contribution in [1.29, 1.82) is 0 Å². The van der Waals surface area contributed by atoms with Crippen molar-refractivity contribution in [2.75, 3.05) is 31.3 Å². The third-order valence-electron chi connectivity index (χ3n) is 11.0. The van der Waals surface area contributed by atoms with Gasteiger partial charge in [0.25, 0.3) is 0 Å². The predicted octanol–water partition coefficient (Wildman–Crippen LogP) is 7.86. The number of rotatable bonds is 9. The van der Waals surface area contributed by atoms with Crippen LogP contribution in [0.4, 0.5) is 10.5 Å². The Morgan fingerprint density at radius 3 is 2.45 bits per heavy atom. The highest BCUT2D eigenvalue weighted by Gasteiger charge is 2.66. The zero-order valence-corrected chi connectivity index (χ0v) is 29.8. The maximum absolute atomic E-state index is 14.3. The van der Waals surface area contributed by atoms with E-state index < -0.39 is 16.8 Å². The van der Waals surface area contributed by atoms with Crippen LogP contribution in [0.2, 0.25) is 0 Å². The number of hydrogen-bond donors (Lipinski definition) is 1. The largest absolute Gasteiger partial charge is 0.466 e. The van der Waals surface area contributed by atoms with E-state index in [0.29, 0.717) is 37.3 Å². The van der Waals surface area contributed by atoms with Crippen LogP contribution in [0.1, 0.15) is 56.7 Å². The molecule has 0 aromatic heterocycles. The molecule has 4 aliphatic rings. The monoisotopic (exact) mass is 682 g/mol. The summed E-state index contributed by atoms with van der Waals surface area (Å²) in [5.74, 6) is -0.929. The number of aryl methyl sites for hydroxylation is 1. The first-order chi connectivity index (χ1) is 23.6. The molecule has 1 aliphatic carbocycles. The van der Waals surface area contributed by atoms with Crippen LogP contribution >= 0.6 is 11.8 Å². The average Bonchev–Trinajstić information content (AvgIpc) is 3.77. The summed E-state index contributed by atoms with van der Waals surface area (Å²) in [6, 6.07) is 26.2. The highest BCUT2D eigenvalue weighted by molar-refractivity contribution is 7.99. The predicted molar refractivity (Wildman–Crippen MR) is 190 cm³/mol. The second-order valence-electron chi connectivity index (χ2n) is 14.3. The van der Waals surface area contributed by atoms with Crippen molar-refractivity contribution in [3.8, 4) is 0 Å². The van der Waals surface area contributed by atoms with Crippen molar-refractivity contribution in [3.05, 3.63) is 107 Å². The van der Waals surface area contributed by atoms with Crippen LogP contribution < -0.4 is 5.32 Å². The van der Waals surface area contributed by atoms with Crippen LogP contribution in [-0.2, 0) is 35.8 Å². The number of carbonyl (C=O) groups excluding carboxylic acids is 2. The molecule has 3 heterocycles. The number of para-hydroxylation sites is 1. The molecule has 258 valence electrons. The normalized spacial score (nSPS) is 28.0. The summed E-state index contributed by atoms with van der Waals surface area (Å²) in [5, 5.41) is 3.70. The lowest BCUT2D eigenvalue weighted by molar-refractivity contribution is -0.168. The van der Waals surface area contributed by atoms with Crippen molar-refractivity contribution >= 4 is 29.5 Å². The van der Waals surface area contributed by atoms with E-state index in [1.807, 2.05) is 61.2 Å². The summed E-state index contributed by atoms with van der Waals surface area (Å²) < 4.78 is 24.6. The molecule has 3 aromatic carbocycles. The Morgan fingerprint density at radius 1 is 1.02 bits per heavy atom. The van der Waals surface area contributed by atoms with Gasteiger partial charge in [-0.05, 0) is 75.3 Å². The lowest BCUT2D eigenvalue weighted by Crippen LogP contribution is -2.58. The molecule has 0 bridgehead atoms. The SMILES string of the molecule is CC[C@@]1(C[C@H]2[C@H](CSc3ccc(C)cc3)C(C(=O)OC)=C3Nc4ccccc4[C@]34CCN(C(=O)OCc3ccccc3)[C@H]24)COC(C)(C)O1. The Morgan fingerprint density at radius 2 is 1.76 bits per heavy atom. The first-order valence-corrected chi connectivity index (χ1v) is 18.3. The van der Waals surface area contributed by atoms with Gasteiger partial charge in [0.05, 0.1) is 36.3 Å². The zero-order valence-electron chi connectivity index (χ0n) is 29.0. The van der Waals surface area contributed by atoms with E-state index in [4.69, 9.17) is 18.9 Å². The molecule has 1 spiro atoms. The average molecular weight is 683 g/mol. The molecular formula is C40H46N2O6S. The minimum atomic E-state index is -0.744. The van der Waals surface area contributed by atoms with E-state index in [1.165, 1.54) is 12.7 Å². The van der Waals surface area contributed by atoms with E-state index in [1.54, 1.807) is 11.8 Å². The number of benzene rings is 3. The molecule has 1 amide bonds. The van der Waals surface area contributed by atoms with Gasteiger partial charge >= 0.3 is 12.1 Å². The molecule has 9 heteroatoms. The number of fused-ring (bicyclic) bond motifs is 1. The maximum atomic E-state index is 14.3. The molecule has 2 fully saturated rings. The molecule has 49 heavy (non-hydrogen) atoms. The van der Waals surface area contributed by atoms with Gasteiger partial charge in [-0.1, -0.05) is 73.2 Å². The van der Waals surface area contributed by atoms with Gasteiger partial charge in [-0.3, -0.25) is 0 Å². The number of ether oxygens (including phenoxy) is 4. The van der Waals surface area contributed by atoms with E-state index in [2.05, 4.69) is 55.6 Å². The Balaban J connectivity index is 1.38. The highest BCUT2D eigenvalue weighted by Crippen LogP contribution is 2.62. The molecule has 8 nitrogen and oxygen atoms in total. The second-order valence-corrected chi connectivity index (χ2v) is 15.4. The van der Waals surface area contributed by atoms with Crippen molar-refractivity contribution in [1.82, 2.24) is 4.90 Å². The number of methoxy groups -OCH3 is 1. The number of esters is 1. The lowest BCUT2D eigenvalue weighted by Gasteiger charge is -2.50. The maximum Gasteiger partial charge on any atom is 0.410 e. The number of carbonyl (C=O) groups is 2. The fourth-order valence-corrected chi connectivity index (χ4v) is 9.80. The molecule has 5 atom stereocenters. The minimum absolute atomic E-state index is 0.183. The Bertz CT molecular complexity index is 1740. The number of thioether (sulfide) groups is 1. The Hall–Kier alpha value is -3.79. The van der Waals surface area contributed by atoms with E-state index >= 15 is 0 Å². The van der Waals surface area contributed by atoms with E-state index in [-0.39, 0.29) is 36.5 Å². The lowest BCUT2D eigenvalue weighted by atomic mass is 9.58. The summed E-state index contributed by atoms with van der Waals surface area (Å²) in [4.78, 5) is 31.5. The molecule has 1 N–H and O–H groups in total. The van der Waals surface area contributed by atoms with Gasteiger partial charge in [0.15, 0.2) is 5.79 Å². The van der Waals surface area contributed by atoms with Crippen LogP contribution in [0.15, 0.2) is 95.0 Å². The number of anilines is 1. The second kappa shape index (κ2) is 13.2. The van der Waals surface area contributed by atoms with Gasteiger partial charge in [0.1, 0.15) is 6.61 Å². The standard InChI is InChI=1S/C40H46N2O6S/c1-6-39(25-47-38(3,4)48-39)22-29-30(24-49-28-18-16-26(2)17-19-28)33(36(43)45-5)34-40(31-14-10-11-15-32(31)41-34)20-21-42(35(29)40)37(44)46-23-27-12-8-7-9-13-27/h7-19,29-30,35,41H,6,20-25H2,1-5H3/t29-,30-,35+,39+,40+/m0/s1. The molecular weight excluding hydrogens is 637 g/mol. The van der Waals surface area contributed by atoms with Crippen LogP contribution in [0, 0.1) is 18.8 Å². The summed E-state index contributed by atoms with van der Waals surface area (Å²) >= 11 is 1.73. The quantitative estimate of drug-likeness (QED) is 0.180. The fraction of sp³-hybridized carbons (Fsp3) is 0.450. The number of amides is 1. The molecule has 3 aliphatic heterocycles. The molecule has 7 rings (SSSR count). The summed E-state index contributed by atoms with van der Waals surface area (Å²) in [6.07, 6.45) is 1.62. The van der Waals surface area contributed by atoms with Gasteiger partial charge in [0.2, 0.25) is 0 Å². The minimum Gasteiger partial charge on any atom is -0.466 e. The zero-order chi connectivity index (χ0) is 34.4. The fourth-order valence-electron chi connectivity index (χ4n) is 8.69. The molecule has 0 unspecified atom stereocenters. The molecule has 2 saturated heterocycles. The van der Waals surface area contributed by atoms with Gasteiger partial charge in [0, 0.05) is 34.5 Å². The van der Waals surface area contributed by atoms with Crippen LogP contribution in [0.25, 0.3) is 0 Å². The third-order valence-corrected chi connectivity index (χ3v) is 12.1. The van der Waals surface area contributed by atoms with Crippen LogP contribution in [-0.4, -0.2) is 60.4 Å². The van der Waals surface area contributed by atoms with Crippen molar-refractivity contribution in [3.63, 3.8) is 0 Å². The van der Waals surface area contributed by atoms with Gasteiger partial charge < -0.3 is 29.2 Å². The number of nitrogens with zero attached hydrogens (tertiary/aromatic N) is 1. The molecule has 3 aromatic rings. The Kier molecular flexibility index (Phi) is 9.05. The van der Waals surface area contributed by atoms with Gasteiger partial charge in [-0.25, -0.2) is 9.59 Å². The highest BCUT2D eigenvalue weighted by atomic mass is 32.2. The summed E-state index contributed by atoms with van der Waals surface area (Å²) in [5.41, 5.74) is 4.44. The first-order valence-electron chi connectivity index (χ1n) is 17.3. The summed E-state index contributed by atoms with van der Waals surface area (Å²) in [6.45, 7) is 9.22. The number of hydrogen-bond acceptors (Lipinski definition) is 8. The number of nitrogens with one attached hydrogen (secondary N) is 1. The number of likely N-dealkylation sites (tertiary alicyclic amines) is 1. The topological polar surface area (TPSA) is 86.3 Å². The molecule has 0 saturated carbocycles. The van der Waals surface area contributed by atoms with Crippen molar-refractivity contribution in [2.24, 2.45) is 11.8 Å². The first kappa shape index (κ1) is 33.7. The summed E-state index contributed by atoms with van der Waals surface area (Å²) in [7, 11) is 1.46. The van der Waals surface area contributed by atoms with E-state index in [9.17, 15) is 9.59 Å². The van der Waals surface area contributed by atoms with Crippen molar-refractivity contribution in [2.45, 2.75) is 81.3 Å². The van der Waals surface area contributed by atoms with E-state index in [0.717, 1.165) is 33.8 Å². The van der Waals surface area contributed by atoms with Gasteiger partial charge in [-0.15, -0.1) is 11.8 Å². The molecule has 0 radical (unpaired) electrons. The Labute approximate surface area is 293 Å². The van der Waals surface area contributed by atoms with Gasteiger partial charge in [-0.2, -0.15) is 0 Å². The van der Waals surface area contributed by atoms with Crippen LogP contribution in [0.5, 0.6) is 0 Å². The van der Waals surface area contributed by atoms with Crippen LogP contribution in [0.3, 0.4) is 0 Å². The third kappa shape index (κ3) is 6.04. The smallest absolute Gasteiger partial charge is 0.410 e.